The van der Waals surface area contributed by atoms with Gasteiger partial charge in [-0.1, -0.05) is 36.7 Å². The van der Waals surface area contributed by atoms with Crippen LogP contribution in [0.15, 0.2) is 0 Å². The van der Waals surface area contributed by atoms with Crippen molar-refractivity contribution in [3.8, 4) is 0 Å². The van der Waals surface area contributed by atoms with Gasteiger partial charge in [0.2, 0.25) is 0 Å². The lowest BCUT2D eigenvalue weighted by Gasteiger charge is -2.43. The fourth-order valence-electron chi connectivity index (χ4n) is 3.12. The van der Waals surface area contributed by atoms with Crippen LogP contribution in [0.3, 0.4) is 0 Å². The quantitative estimate of drug-likeness (QED) is 0.590. The Labute approximate surface area is 129 Å². The zero-order valence-corrected chi connectivity index (χ0v) is 15.4. The van der Waals surface area contributed by atoms with Gasteiger partial charge in [0.25, 0.3) is 0 Å². The summed E-state index contributed by atoms with van der Waals surface area (Å²) in [4.78, 5) is 0. The molecule has 0 aromatic carbocycles. The van der Waals surface area contributed by atoms with Gasteiger partial charge in [-0.25, -0.2) is 0 Å². The second kappa shape index (κ2) is 6.47. The molecular weight excluding hydrogens is 300 g/mol. The number of hydrogen-bond acceptors (Lipinski definition) is 1. The van der Waals surface area contributed by atoms with Crippen molar-refractivity contribution in [1.82, 2.24) is 0 Å². The average Bonchev–Trinajstić information content (AvgIpc) is 2.26. The lowest BCUT2D eigenvalue weighted by Crippen LogP contribution is -2.35. The molecule has 1 aliphatic carbocycles. The first-order valence-electron chi connectivity index (χ1n) is 7.78. The van der Waals surface area contributed by atoms with Crippen molar-refractivity contribution >= 4 is 15.9 Å². The zero-order chi connectivity index (χ0) is 14.7. The molecule has 1 saturated carbocycles. The molecule has 0 spiro atoms. The molecule has 0 saturated heterocycles. The van der Waals surface area contributed by atoms with E-state index in [-0.39, 0.29) is 5.60 Å². The van der Waals surface area contributed by atoms with Gasteiger partial charge in [0.15, 0.2) is 0 Å². The summed E-state index contributed by atoms with van der Waals surface area (Å²) in [5.41, 5.74) is 0.948. The van der Waals surface area contributed by atoms with Crippen LogP contribution in [0.25, 0.3) is 0 Å². The van der Waals surface area contributed by atoms with Crippen molar-refractivity contribution in [3.05, 3.63) is 0 Å². The molecule has 1 nitrogen and oxygen atoms in total. The topological polar surface area (TPSA) is 9.23 Å². The van der Waals surface area contributed by atoms with Gasteiger partial charge in [0.1, 0.15) is 0 Å². The van der Waals surface area contributed by atoms with E-state index in [1.54, 1.807) is 0 Å². The van der Waals surface area contributed by atoms with E-state index in [9.17, 15) is 0 Å². The summed E-state index contributed by atoms with van der Waals surface area (Å²) in [6.45, 7) is 14.5. The zero-order valence-electron chi connectivity index (χ0n) is 13.8. The lowest BCUT2D eigenvalue weighted by molar-refractivity contribution is -0.0247. The molecule has 0 unspecified atom stereocenters. The number of halogens is 1. The molecule has 114 valence electrons. The third-order valence-electron chi connectivity index (χ3n) is 4.72. The first-order valence-corrected chi connectivity index (χ1v) is 8.90. The second-order valence-electron chi connectivity index (χ2n) is 8.48. The van der Waals surface area contributed by atoms with Gasteiger partial charge in [-0.2, -0.15) is 0 Å². The lowest BCUT2D eigenvalue weighted by atomic mass is 9.64. The molecule has 0 aromatic heterocycles. The summed E-state index contributed by atoms with van der Waals surface area (Å²) in [5, 5.41) is 1.13. The normalized spacial score (nSPS) is 29.5. The Hall–Kier alpha value is 0.440. The Kier molecular flexibility index (Phi) is 5.96. The fraction of sp³-hybridized carbons (Fsp3) is 1.00. The Morgan fingerprint density at radius 3 is 1.95 bits per heavy atom. The van der Waals surface area contributed by atoms with Crippen LogP contribution >= 0.6 is 15.9 Å². The van der Waals surface area contributed by atoms with Crippen LogP contribution in [0, 0.1) is 16.7 Å². The Balaban J connectivity index is 2.47. The molecule has 0 radical (unpaired) electrons. The van der Waals surface area contributed by atoms with Gasteiger partial charge < -0.3 is 4.74 Å². The Morgan fingerprint density at radius 1 is 1.05 bits per heavy atom. The SMILES string of the molecule is CC(C)(C)OCCC1(CBr)CCC(C(C)(C)C)CC1. The van der Waals surface area contributed by atoms with Gasteiger partial charge in [-0.3, -0.25) is 0 Å². The number of alkyl halides is 1. The highest BCUT2D eigenvalue weighted by Crippen LogP contribution is 2.47. The van der Waals surface area contributed by atoms with Crippen LogP contribution in [0.5, 0.6) is 0 Å². The molecule has 0 amide bonds. The minimum atomic E-state index is -0.00385. The summed E-state index contributed by atoms with van der Waals surface area (Å²) >= 11 is 3.76. The maximum absolute atomic E-state index is 5.93. The largest absolute Gasteiger partial charge is 0.376 e. The number of ether oxygens (including phenoxy) is 1. The minimum absolute atomic E-state index is 0.00385. The molecule has 19 heavy (non-hydrogen) atoms. The third-order valence-corrected chi connectivity index (χ3v) is 5.91. The molecule has 0 N–H and O–H groups in total. The van der Waals surface area contributed by atoms with Crippen LogP contribution < -0.4 is 0 Å². The van der Waals surface area contributed by atoms with Gasteiger partial charge >= 0.3 is 0 Å². The van der Waals surface area contributed by atoms with E-state index < -0.39 is 0 Å². The number of rotatable bonds is 4. The van der Waals surface area contributed by atoms with E-state index in [1.807, 2.05) is 0 Å². The molecule has 0 bridgehead atoms. The van der Waals surface area contributed by atoms with Crippen molar-refractivity contribution in [2.24, 2.45) is 16.7 Å². The fourth-order valence-corrected chi connectivity index (χ4v) is 3.96. The number of hydrogen-bond donors (Lipinski definition) is 0. The highest BCUT2D eigenvalue weighted by Gasteiger charge is 2.37. The van der Waals surface area contributed by atoms with E-state index in [4.69, 9.17) is 4.74 Å². The minimum Gasteiger partial charge on any atom is -0.376 e. The van der Waals surface area contributed by atoms with Gasteiger partial charge in [0, 0.05) is 11.9 Å². The predicted molar refractivity (Wildman–Crippen MR) is 88.0 cm³/mol. The van der Waals surface area contributed by atoms with Crippen molar-refractivity contribution < 1.29 is 4.74 Å². The van der Waals surface area contributed by atoms with Crippen LogP contribution in [0.1, 0.15) is 73.6 Å². The van der Waals surface area contributed by atoms with E-state index in [0.29, 0.717) is 10.8 Å². The second-order valence-corrected chi connectivity index (χ2v) is 9.05. The smallest absolute Gasteiger partial charge is 0.0598 e. The molecule has 1 rings (SSSR count). The average molecular weight is 333 g/mol. The first kappa shape index (κ1) is 17.5. The summed E-state index contributed by atoms with van der Waals surface area (Å²) in [5.74, 6) is 0.892. The molecule has 2 heteroatoms. The van der Waals surface area contributed by atoms with Crippen LogP contribution in [-0.4, -0.2) is 17.5 Å². The summed E-state index contributed by atoms with van der Waals surface area (Å²) in [7, 11) is 0. The maximum atomic E-state index is 5.93. The van der Waals surface area contributed by atoms with Crippen LogP contribution in [-0.2, 0) is 4.74 Å². The summed E-state index contributed by atoms with van der Waals surface area (Å²) < 4.78 is 5.93. The monoisotopic (exact) mass is 332 g/mol. The van der Waals surface area contributed by atoms with Gasteiger partial charge in [0.05, 0.1) is 5.60 Å². The van der Waals surface area contributed by atoms with Crippen LogP contribution in [0.4, 0.5) is 0 Å². The van der Waals surface area contributed by atoms with Gasteiger partial charge in [-0.05, 0) is 69.6 Å². The van der Waals surface area contributed by atoms with E-state index in [2.05, 4.69) is 57.5 Å². The molecular formula is C17H33BrO. The molecule has 0 aromatic rings. The molecule has 1 aliphatic rings. The molecule has 0 heterocycles. The van der Waals surface area contributed by atoms with Crippen molar-refractivity contribution in [2.45, 2.75) is 79.2 Å². The van der Waals surface area contributed by atoms with Crippen molar-refractivity contribution in [2.75, 3.05) is 11.9 Å². The van der Waals surface area contributed by atoms with Crippen molar-refractivity contribution in [3.63, 3.8) is 0 Å². The van der Waals surface area contributed by atoms with Crippen molar-refractivity contribution in [1.29, 1.82) is 0 Å². The Bertz CT molecular complexity index is 258. The van der Waals surface area contributed by atoms with E-state index >= 15 is 0 Å². The van der Waals surface area contributed by atoms with Gasteiger partial charge in [-0.15, -0.1) is 0 Å². The first-order chi connectivity index (χ1) is 8.58. The van der Waals surface area contributed by atoms with E-state index in [0.717, 1.165) is 17.9 Å². The predicted octanol–water partition coefficient (Wildman–Crippen LogP) is 5.81. The maximum Gasteiger partial charge on any atom is 0.0598 e. The molecule has 0 aliphatic heterocycles. The Morgan fingerprint density at radius 2 is 1.58 bits per heavy atom. The third kappa shape index (κ3) is 5.75. The highest BCUT2D eigenvalue weighted by atomic mass is 79.9. The summed E-state index contributed by atoms with van der Waals surface area (Å²) in [6.07, 6.45) is 6.67. The van der Waals surface area contributed by atoms with E-state index in [1.165, 1.54) is 32.1 Å². The highest BCUT2D eigenvalue weighted by molar-refractivity contribution is 9.09. The summed E-state index contributed by atoms with van der Waals surface area (Å²) in [6, 6.07) is 0. The molecule has 1 fully saturated rings. The standard InChI is InChI=1S/C17H33BrO/c1-15(2,3)14-7-9-17(13-18,10-8-14)11-12-19-16(4,5)6/h14H,7-13H2,1-6H3. The van der Waals surface area contributed by atoms with Crippen LogP contribution in [0.2, 0.25) is 0 Å². The molecule has 0 atom stereocenters.